The van der Waals surface area contributed by atoms with Crippen molar-refractivity contribution in [2.75, 3.05) is 24.0 Å². The Balaban J connectivity index is 1.80. The van der Waals surface area contributed by atoms with Gasteiger partial charge < -0.3 is 15.0 Å². The molecule has 0 radical (unpaired) electrons. The highest BCUT2D eigenvalue weighted by Crippen LogP contribution is 2.28. The molecule has 0 heterocycles. The van der Waals surface area contributed by atoms with E-state index in [0.717, 1.165) is 15.4 Å². The van der Waals surface area contributed by atoms with Gasteiger partial charge in [-0.25, -0.2) is 8.42 Å². The number of sulfonamides is 1. The maximum Gasteiger partial charge on any atom is 0.264 e. The summed E-state index contributed by atoms with van der Waals surface area (Å²) in [5.74, 6) is -0.147. The lowest BCUT2D eigenvalue weighted by Gasteiger charge is -2.34. The van der Waals surface area contributed by atoms with Crippen molar-refractivity contribution in [3.05, 3.63) is 125 Å². The molecule has 0 aliphatic heterocycles. The molecular formula is C37H42ClN3O5S. The molecule has 1 unspecified atom stereocenters. The van der Waals surface area contributed by atoms with E-state index in [2.05, 4.69) is 5.32 Å². The molecule has 0 aromatic heterocycles. The molecule has 0 bridgehead atoms. The van der Waals surface area contributed by atoms with Crippen LogP contribution in [0.15, 0.2) is 108 Å². The second-order valence-corrected chi connectivity index (χ2v) is 14.0. The van der Waals surface area contributed by atoms with Crippen LogP contribution in [0, 0.1) is 12.8 Å². The summed E-state index contributed by atoms with van der Waals surface area (Å²) in [7, 11) is -4.21. The van der Waals surface area contributed by atoms with E-state index in [-0.39, 0.29) is 35.4 Å². The summed E-state index contributed by atoms with van der Waals surface area (Å²) < 4.78 is 35.1. The van der Waals surface area contributed by atoms with Gasteiger partial charge in [0.25, 0.3) is 10.0 Å². The van der Waals surface area contributed by atoms with Crippen LogP contribution in [0.4, 0.5) is 5.69 Å². The molecule has 4 rings (SSSR count). The Morgan fingerprint density at radius 2 is 1.51 bits per heavy atom. The summed E-state index contributed by atoms with van der Waals surface area (Å²) in [6.07, 6.45) is 0.217. The SMILES string of the molecule is CCOc1ccc(N(CC(=O)N(Cc2ccccc2Cl)C(Cc2ccccc2)C(=O)NCC(C)C)S(=O)(=O)c2ccc(C)cc2)cc1. The van der Waals surface area contributed by atoms with Gasteiger partial charge in [0.15, 0.2) is 0 Å². The first-order chi connectivity index (χ1) is 22.5. The molecule has 4 aromatic rings. The number of hydrogen-bond acceptors (Lipinski definition) is 5. The van der Waals surface area contributed by atoms with Crippen LogP contribution < -0.4 is 14.4 Å². The van der Waals surface area contributed by atoms with Crippen molar-refractivity contribution in [3.63, 3.8) is 0 Å². The number of halogens is 1. The van der Waals surface area contributed by atoms with Crippen LogP contribution in [0.5, 0.6) is 5.75 Å². The fraction of sp³-hybridized carbons (Fsp3) is 0.297. The topological polar surface area (TPSA) is 96.0 Å². The Hall–Kier alpha value is -4.34. The standard InChI is InChI=1S/C37H42ClN3O5S/c1-5-46-32-19-17-31(18-20-32)41(47(44,45)33-21-15-28(4)16-22-33)26-36(42)40(25-30-13-9-10-14-34(30)38)35(37(43)39-24-27(2)3)23-29-11-7-6-8-12-29/h6-22,27,35H,5,23-26H2,1-4H3,(H,39,43). The second-order valence-electron chi connectivity index (χ2n) is 11.7. The van der Waals surface area contributed by atoms with Gasteiger partial charge in [0.1, 0.15) is 18.3 Å². The molecule has 0 spiro atoms. The van der Waals surface area contributed by atoms with Gasteiger partial charge in [-0.15, -0.1) is 0 Å². The Bertz CT molecular complexity index is 1730. The quantitative estimate of drug-likeness (QED) is 0.152. The highest BCUT2D eigenvalue weighted by atomic mass is 35.5. The van der Waals surface area contributed by atoms with E-state index >= 15 is 0 Å². The van der Waals surface area contributed by atoms with Crippen LogP contribution in [-0.4, -0.2) is 50.9 Å². The van der Waals surface area contributed by atoms with Crippen LogP contribution >= 0.6 is 11.6 Å². The molecule has 2 amide bonds. The van der Waals surface area contributed by atoms with E-state index in [9.17, 15) is 18.0 Å². The summed E-state index contributed by atoms with van der Waals surface area (Å²) in [6.45, 7) is 8.00. The van der Waals surface area contributed by atoms with Crippen molar-refractivity contribution in [2.45, 2.75) is 51.6 Å². The average Bonchev–Trinajstić information content (AvgIpc) is 3.06. The number of ether oxygens (including phenoxy) is 1. The Kier molecular flexibility index (Phi) is 12.4. The van der Waals surface area contributed by atoms with Gasteiger partial charge in [-0.3, -0.25) is 13.9 Å². The molecule has 8 nitrogen and oxygen atoms in total. The lowest BCUT2D eigenvalue weighted by molar-refractivity contribution is -0.140. The summed E-state index contributed by atoms with van der Waals surface area (Å²) in [5.41, 5.74) is 2.66. The van der Waals surface area contributed by atoms with Crippen LogP contribution in [0.3, 0.4) is 0 Å². The van der Waals surface area contributed by atoms with Crippen LogP contribution in [0.2, 0.25) is 5.02 Å². The minimum Gasteiger partial charge on any atom is -0.494 e. The maximum absolute atomic E-state index is 14.6. The fourth-order valence-electron chi connectivity index (χ4n) is 5.03. The highest BCUT2D eigenvalue weighted by Gasteiger charge is 2.35. The van der Waals surface area contributed by atoms with Gasteiger partial charge in [-0.2, -0.15) is 0 Å². The number of rotatable bonds is 15. The van der Waals surface area contributed by atoms with Gasteiger partial charge in [-0.05, 0) is 73.4 Å². The lowest BCUT2D eigenvalue weighted by atomic mass is 10.0. The number of amides is 2. The predicted octanol–water partition coefficient (Wildman–Crippen LogP) is 6.65. The summed E-state index contributed by atoms with van der Waals surface area (Å²) in [5, 5.41) is 3.42. The molecule has 0 aliphatic rings. The van der Waals surface area contributed by atoms with E-state index < -0.39 is 28.5 Å². The van der Waals surface area contributed by atoms with E-state index in [1.54, 1.807) is 54.6 Å². The van der Waals surface area contributed by atoms with E-state index in [4.69, 9.17) is 16.3 Å². The first-order valence-electron chi connectivity index (χ1n) is 15.7. The molecule has 0 fully saturated rings. The van der Waals surface area contributed by atoms with Crippen molar-refractivity contribution < 1.29 is 22.7 Å². The van der Waals surface area contributed by atoms with Gasteiger partial charge in [0, 0.05) is 24.5 Å². The maximum atomic E-state index is 14.6. The van der Waals surface area contributed by atoms with E-state index in [1.165, 1.54) is 17.0 Å². The molecule has 0 saturated carbocycles. The van der Waals surface area contributed by atoms with Crippen LogP contribution in [0.1, 0.15) is 37.5 Å². The third-order valence-electron chi connectivity index (χ3n) is 7.58. The summed E-state index contributed by atoms with van der Waals surface area (Å²) in [4.78, 5) is 30.0. The molecule has 1 atom stereocenters. The molecular weight excluding hydrogens is 634 g/mol. The number of aryl methyl sites for hydroxylation is 1. The zero-order valence-electron chi connectivity index (χ0n) is 27.2. The highest BCUT2D eigenvalue weighted by molar-refractivity contribution is 7.92. The number of benzene rings is 4. The third-order valence-corrected chi connectivity index (χ3v) is 9.73. The molecule has 4 aromatic carbocycles. The minimum atomic E-state index is -4.21. The van der Waals surface area contributed by atoms with E-state index in [1.807, 2.05) is 64.1 Å². The Morgan fingerprint density at radius 3 is 2.13 bits per heavy atom. The molecule has 47 heavy (non-hydrogen) atoms. The van der Waals surface area contributed by atoms with Crippen LogP contribution in [0.25, 0.3) is 0 Å². The first kappa shape index (κ1) is 35.5. The smallest absolute Gasteiger partial charge is 0.264 e. The molecule has 0 saturated heterocycles. The second kappa shape index (κ2) is 16.5. The Morgan fingerprint density at radius 1 is 0.872 bits per heavy atom. The van der Waals surface area contributed by atoms with Gasteiger partial charge in [0.05, 0.1) is 17.2 Å². The van der Waals surface area contributed by atoms with Crippen molar-refractivity contribution in [1.29, 1.82) is 0 Å². The van der Waals surface area contributed by atoms with Crippen molar-refractivity contribution >= 4 is 39.1 Å². The zero-order chi connectivity index (χ0) is 34.0. The van der Waals surface area contributed by atoms with Crippen molar-refractivity contribution in [1.82, 2.24) is 10.2 Å². The minimum absolute atomic E-state index is 0.00714. The number of carbonyl (C=O) groups is 2. The largest absolute Gasteiger partial charge is 0.494 e. The fourth-order valence-corrected chi connectivity index (χ4v) is 6.64. The molecule has 10 heteroatoms. The van der Waals surface area contributed by atoms with Crippen LogP contribution in [-0.2, 0) is 32.6 Å². The number of hydrogen-bond donors (Lipinski definition) is 1. The summed E-state index contributed by atoms with van der Waals surface area (Å²) >= 11 is 6.57. The molecule has 1 N–H and O–H groups in total. The normalized spacial score (nSPS) is 12.0. The monoisotopic (exact) mass is 675 g/mol. The van der Waals surface area contributed by atoms with Gasteiger partial charge >= 0.3 is 0 Å². The number of anilines is 1. The Labute approximate surface area is 283 Å². The average molecular weight is 676 g/mol. The number of carbonyl (C=O) groups excluding carboxylic acids is 2. The molecule has 248 valence electrons. The van der Waals surface area contributed by atoms with E-state index in [0.29, 0.717) is 29.5 Å². The third kappa shape index (κ3) is 9.59. The lowest BCUT2D eigenvalue weighted by Crippen LogP contribution is -2.53. The molecule has 0 aliphatic carbocycles. The number of nitrogens with one attached hydrogen (secondary N) is 1. The zero-order valence-corrected chi connectivity index (χ0v) is 28.8. The van der Waals surface area contributed by atoms with Crippen molar-refractivity contribution in [3.8, 4) is 5.75 Å². The number of nitrogens with zero attached hydrogens (tertiary/aromatic N) is 2. The van der Waals surface area contributed by atoms with Gasteiger partial charge in [0.2, 0.25) is 11.8 Å². The van der Waals surface area contributed by atoms with Gasteiger partial charge in [-0.1, -0.05) is 91.7 Å². The summed E-state index contributed by atoms with van der Waals surface area (Å²) in [6, 6.07) is 28.6. The predicted molar refractivity (Wildman–Crippen MR) is 187 cm³/mol. The van der Waals surface area contributed by atoms with Crippen molar-refractivity contribution in [2.24, 2.45) is 5.92 Å². The first-order valence-corrected chi connectivity index (χ1v) is 17.5.